The van der Waals surface area contributed by atoms with Gasteiger partial charge in [-0.05, 0) is 42.7 Å². The summed E-state index contributed by atoms with van der Waals surface area (Å²) in [6.07, 6.45) is 0. The van der Waals surface area contributed by atoms with Crippen molar-refractivity contribution >= 4 is 0 Å². The molecule has 2 rings (SSSR count). The maximum Gasteiger partial charge on any atom is 0.138 e. The van der Waals surface area contributed by atoms with Crippen molar-refractivity contribution in [3.05, 3.63) is 64.5 Å². The van der Waals surface area contributed by atoms with Crippen LogP contribution in [-0.4, -0.2) is 6.54 Å². The molecule has 108 valence electrons. The van der Waals surface area contributed by atoms with Crippen LogP contribution in [0.3, 0.4) is 0 Å². The zero-order valence-electron chi connectivity index (χ0n) is 12.2. The fourth-order valence-electron chi connectivity index (χ4n) is 2.09. The Labute approximate surface area is 124 Å². The Morgan fingerprint density at radius 1 is 1.14 bits per heavy atom. The van der Waals surface area contributed by atoms with Crippen molar-refractivity contribution in [3.8, 4) is 17.6 Å². The van der Waals surface area contributed by atoms with E-state index in [1.807, 2.05) is 32.0 Å². The SMILES string of the molecule is Cc1cccc(C)c1COc1cc(F)ccc1C#CCN. The van der Waals surface area contributed by atoms with Crippen LogP contribution < -0.4 is 10.5 Å². The topological polar surface area (TPSA) is 35.2 Å². The number of nitrogens with two attached hydrogens (primary N) is 1. The van der Waals surface area contributed by atoms with Crippen molar-refractivity contribution in [2.24, 2.45) is 5.73 Å². The normalized spacial score (nSPS) is 9.90. The lowest BCUT2D eigenvalue weighted by Crippen LogP contribution is -2.02. The number of benzene rings is 2. The lowest BCUT2D eigenvalue weighted by molar-refractivity contribution is 0.302. The second kappa shape index (κ2) is 6.92. The van der Waals surface area contributed by atoms with Gasteiger partial charge in [0.2, 0.25) is 0 Å². The van der Waals surface area contributed by atoms with Crippen LogP contribution in [0.5, 0.6) is 5.75 Å². The molecule has 0 aliphatic carbocycles. The molecule has 0 heterocycles. The molecule has 0 aromatic heterocycles. The number of aryl methyl sites for hydroxylation is 2. The van der Waals surface area contributed by atoms with E-state index in [0.717, 1.165) is 16.7 Å². The van der Waals surface area contributed by atoms with Crippen molar-refractivity contribution in [3.63, 3.8) is 0 Å². The third-order valence-electron chi connectivity index (χ3n) is 3.29. The van der Waals surface area contributed by atoms with Gasteiger partial charge in [0.15, 0.2) is 0 Å². The van der Waals surface area contributed by atoms with Gasteiger partial charge >= 0.3 is 0 Å². The van der Waals surface area contributed by atoms with Crippen LogP contribution in [0, 0.1) is 31.5 Å². The van der Waals surface area contributed by atoms with Gasteiger partial charge in [0.1, 0.15) is 18.2 Å². The summed E-state index contributed by atoms with van der Waals surface area (Å²) in [7, 11) is 0. The van der Waals surface area contributed by atoms with Crippen molar-refractivity contribution in [2.45, 2.75) is 20.5 Å². The molecule has 0 amide bonds. The number of halogens is 1. The van der Waals surface area contributed by atoms with Gasteiger partial charge in [-0.2, -0.15) is 0 Å². The van der Waals surface area contributed by atoms with E-state index in [4.69, 9.17) is 10.5 Å². The lowest BCUT2D eigenvalue weighted by atomic mass is 10.0. The van der Waals surface area contributed by atoms with Crippen LogP contribution in [0.4, 0.5) is 4.39 Å². The smallest absolute Gasteiger partial charge is 0.138 e. The Kier molecular flexibility index (Phi) is 4.97. The first-order chi connectivity index (χ1) is 10.1. The fourth-order valence-corrected chi connectivity index (χ4v) is 2.09. The van der Waals surface area contributed by atoms with Gasteiger partial charge in [-0.3, -0.25) is 0 Å². The van der Waals surface area contributed by atoms with Crippen molar-refractivity contribution < 1.29 is 9.13 Å². The first-order valence-corrected chi connectivity index (χ1v) is 6.78. The van der Waals surface area contributed by atoms with Crippen LogP contribution in [0.25, 0.3) is 0 Å². The van der Waals surface area contributed by atoms with Gasteiger partial charge in [0.05, 0.1) is 12.1 Å². The van der Waals surface area contributed by atoms with Crippen LogP contribution >= 0.6 is 0 Å². The van der Waals surface area contributed by atoms with Gasteiger partial charge < -0.3 is 10.5 Å². The Morgan fingerprint density at radius 3 is 2.52 bits per heavy atom. The van der Waals surface area contributed by atoms with E-state index in [0.29, 0.717) is 17.9 Å². The van der Waals surface area contributed by atoms with Crippen molar-refractivity contribution in [1.29, 1.82) is 0 Å². The number of rotatable bonds is 3. The second-order valence-electron chi connectivity index (χ2n) is 4.81. The highest BCUT2D eigenvalue weighted by Gasteiger charge is 2.07. The largest absolute Gasteiger partial charge is 0.487 e. The van der Waals surface area contributed by atoms with E-state index >= 15 is 0 Å². The predicted molar refractivity (Wildman–Crippen MR) is 82.6 cm³/mol. The van der Waals surface area contributed by atoms with E-state index in [1.165, 1.54) is 12.1 Å². The average Bonchev–Trinajstić information content (AvgIpc) is 2.46. The molecule has 0 saturated carbocycles. The molecule has 2 aromatic rings. The van der Waals surface area contributed by atoms with E-state index in [2.05, 4.69) is 11.8 Å². The van der Waals surface area contributed by atoms with Crippen molar-refractivity contribution in [2.75, 3.05) is 6.54 Å². The van der Waals surface area contributed by atoms with Crippen LogP contribution in [-0.2, 0) is 6.61 Å². The lowest BCUT2D eigenvalue weighted by Gasteiger charge is -2.12. The summed E-state index contributed by atoms with van der Waals surface area (Å²) < 4.78 is 19.2. The summed E-state index contributed by atoms with van der Waals surface area (Å²) in [5, 5.41) is 0. The molecule has 3 heteroatoms. The second-order valence-corrected chi connectivity index (χ2v) is 4.81. The predicted octanol–water partition coefficient (Wildman–Crippen LogP) is 3.33. The summed E-state index contributed by atoms with van der Waals surface area (Å²) in [6, 6.07) is 10.4. The third kappa shape index (κ3) is 3.84. The first kappa shape index (κ1) is 15.1. The molecule has 0 saturated heterocycles. The highest BCUT2D eigenvalue weighted by Crippen LogP contribution is 2.22. The fraction of sp³-hybridized carbons (Fsp3) is 0.222. The van der Waals surface area contributed by atoms with E-state index in [-0.39, 0.29) is 12.4 Å². The highest BCUT2D eigenvalue weighted by atomic mass is 19.1. The molecule has 0 bridgehead atoms. The van der Waals surface area contributed by atoms with Gasteiger partial charge in [-0.15, -0.1) is 0 Å². The highest BCUT2D eigenvalue weighted by molar-refractivity contribution is 5.46. The van der Waals surface area contributed by atoms with E-state index in [9.17, 15) is 4.39 Å². The monoisotopic (exact) mass is 283 g/mol. The molecule has 0 radical (unpaired) electrons. The van der Waals surface area contributed by atoms with E-state index < -0.39 is 0 Å². The number of hydrogen-bond donors (Lipinski definition) is 1. The molecular formula is C18H18FNO. The molecule has 0 fully saturated rings. The van der Waals surface area contributed by atoms with Crippen molar-refractivity contribution in [1.82, 2.24) is 0 Å². The molecule has 21 heavy (non-hydrogen) atoms. The Morgan fingerprint density at radius 2 is 1.86 bits per heavy atom. The van der Waals surface area contributed by atoms with Crippen LogP contribution in [0.1, 0.15) is 22.3 Å². The van der Waals surface area contributed by atoms with Gasteiger partial charge in [-0.25, -0.2) is 4.39 Å². The van der Waals surface area contributed by atoms with Gasteiger partial charge in [-0.1, -0.05) is 30.0 Å². The van der Waals surface area contributed by atoms with Crippen LogP contribution in [0.2, 0.25) is 0 Å². The maximum absolute atomic E-state index is 13.4. The molecule has 0 spiro atoms. The zero-order chi connectivity index (χ0) is 15.2. The number of ether oxygens (including phenoxy) is 1. The Bertz CT molecular complexity index is 678. The molecule has 0 atom stereocenters. The third-order valence-corrected chi connectivity index (χ3v) is 3.29. The van der Waals surface area contributed by atoms with Crippen LogP contribution in [0.15, 0.2) is 36.4 Å². The summed E-state index contributed by atoms with van der Waals surface area (Å²) in [5.74, 6) is 5.76. The molecule has 0 unspecified atom stereocenters. The summed E-state index contributed by atoms with van der Waals surface area (Å²) in [6.45, 7) is 4.71. The molecule has 0 aliphatic heterocycles. The van der Waals surface area contributed by atoms with Gasteiger partial charge in [0.25, 0.3) is 0 Å². The standard InChI is InChI=1S/C18H18FNO/c1-13-5-3-6-14(2)17(13)12-21-18-11-16(19)9-8-15(18)7-4-10-20/h3,5-6,8-9,11H,10,12,20H2,1-2H3. The first-order valence-electron chi connectivity index (χ1n) is 6.78. The number of hydrogen-bond acceptors (Lipinski definition) is 2. The molecular weight excluding hydrogens is 265 g/mol. The Hall–Kier alpha value is -2.31. The molecule has 2 aromatic carbocycles. The molecule has 2 nitrogen and oxygen atoms in total. The molecule has 2 N–H and O–H groups in total. The minimum Gasteiger partial charge on any atom is -0.487 e. The average molecular weight is 283 g/mol. The van der Waals surface area contributed by atoms with E-state index in [1.54, 1.807) is 6.07 Å². The summed E-state index contributed by atoms with van der Waals surface area (Å²) in [5.41, 5.74) is 9.44. The Balaban J connectivity index is 2.25. The minimum absolute atomic E-state index is 0.258. The quantitative estimate of drug-likeness (QED) is 0.877. The molecule has 0 aliphatic rings. The summed E-state index contributed by atoms with van der Waals surface area (Å²) in [4.78, 5) is 0. The minimum atomic E-state index is -0.343. The van der Waals surface area contributed by atoms with Gasteiger partial charge in [0, 0.05) is 6.07 Å². The zero-order valence-corrected chi connectivity index (χ0v) is 12.2. The summed E-state index contributed by atoms with van der Waals surface area (Å²) >= 11 is 0. The maximum atomic E-state index is 13.4.